The first-order valence-corrected chi connectivity index (χ1v) is 14.6. The smallest absolute Gasteiger partial charge is 0.223 e. The van der Waals surface area contributed by atoms with Crippen molar-refractivity contribution in [2.45, 2.75) is 91.1 Å². The molecule has 0 aromatic heterocycles. The summed E-state index contributed by atoms with van der Waals surface area (Å²) >= 11 is 0. The second kappa shape index (κ2) is 12.7. The molecular formula is C29H50N4O2. The highest BCUT2D eigenvalue weighted by Gasteiger charge is 2.35. The van der Waals surface area contributed by atoms with Gasteiger partial charge in [-0.3, -0.25) is 14.5 Å². The molecule has 4 atom stereocenters. The first kappa shape index (κ1) is 26.7. The molecule has 35 heavy (non-hydrogen) atoms. The second-order valence-electron chi connectivity index (χ2n) is 12.1. The number of hydrogen-bond donors (Lipinski definition) is 2. The van der Waals surface area contributed by atoms with Gasteiger partial charge in [-0.1, -0.05) is 44.8 Å². The summed E-state index contributed by atoms with van der Waals surface area (Å²) in [5.74, 6) is 2.56. The molecule has 6 nitrogen and oxygen atoms in total. The third kappa shape index (κ3) is 7.09. The molecule has 3 fully saturated rings. The van der Waals surface area contributed by atoms with Crippen LogP contribution in [0.2, 0.25) is 0 Å². The average molecular weight is 487 g/mol. The Morgan fingerprint density at radius 2 is 1.74 bits per heavy atom. The molecule has 0 aromatic rings. The molecule has 4 rings (SSSR count). The Balaban J connectivity index is 1.28. The number of piperidine rings is 1. The lowest BCUT2D eigenvalue weighted by atomic mass is 9.69. The van der Waals surface area contributed by atoms with Gasteiger partial charge in [0.1, 0.15) is 0 Å². The Morgan fingerprint density at radius 3 is 2.40 bits per heavy atom. The van der Waals surface area contributed by atoms with E-state index in [1.807, 2.05) is 0 Å². The molecule has 0 spiro atoms. The number of amides is 2. The van der Waals surface area contributed by atoms with Crippen LogP contribution in [0.4, 0.5) is 0 Å². The number of nitrogens with zero attached hydrogens (tertiary/aromatic N) is 2. The zero-order valence-electron chi connectivity index (χ0n) is 22.6. The van der Waals surface area contributed by atoms with E-state index in [4.69, 9.17) is 0 Å². The number of allylic oxidation sites excluding steroid dienone is 1. The summed E-state index contributed by atoms with van der Waals surface area (Å²) in [7, 11) is 0. The van der Waals surface area contributed by atoms with E-state index in [1.54, 1.807) is 0 Å². The molecule has 2 heterocycles. The molecule has 2 aliphatic carbocycles. The molecule has 4 unspecified atom stereocenters. The van der Waals surface area contributed by atoms with Gasteiger partial charge in [0.05, 0.1) is 6.17 Å². The van der Waals surface area contributed by atoms with E-state index in [-0.39, 0.29) is 11.8 Å². The molecule has 198 valence electrons. The standard InChI is InChI=1S/C29H50N4O2/c1-21(2)26-18-24(22(3)17-25(26)20-31-29(35)23-9-5-4-6-10-23)19-28(34)33-15-13-32(14-16-33)27-11-7-8-12-30-27/h17,21,23-27,30H,4-16,18-20H2,1-3H3,(H,31,35). The van der Waals surface area contributed by atoms with Crippen molar-refractivity contribution in [2.24, 2.45) is 29.6 Å². The SMILES string of the molecule is CC1=CC(CNC(=O)C2CCCCC2)C(C(C)C)CC1CC(=O)N1CCN(C2CCCCN2)CC1. The predicted molar refractivity (Wildman–Crippen MR) is 142 cm³/mol. The molecule has 0 radical (unpaired) electrons. The van der Waals surface area contributed by atoms with Crippen molar-refractivity contribution in [1.82, 2.24) is 20.4 Å². The van der Waals surface area contributed by atoms with Gasteiger partial charge in [0.15, 0.2) is 0 Å². The molecule has 4 aliphatic rings. The van der Waals surface area contributed by atoms with Crippen LogP contribution in [0.5, 0.6) is 0 Å². The molecule has 6 heteroatoms. The minimum Gasteiger partial charge on any atom is -0.355 e. The van der Waals surface area contributed by atoms with Crippen LogP contribution in [-0.2, 0) is 9.59 Å². The van der Waals surface area contributed by atoms with E-state index in [0.29, 0.717) is 42.2 Å². The fourth-order valence-corrected chi connectivity index (χ4v) is 7.00. The van der Waals surface area contributed by atoms with Gasteiger partial charge in [0, 0.05) is 45.1 Å². The van der Waals surface area contributed by atoms with Crippen LogP contribution in [0.1, 0.15) is 85.0 Å². The predicted octanol–water partition coefficient (Wildman–Crippen LogP) is 4.17. The lowest BCUT2D eigenvalue weighted by Gasteiger charge is -2.42. The average Bonchev–Trinajstić information content (AvgIpc) is 2.89. The minimum absolute atomic E-state index is 0.217. The van der Waals surface area contributed by atoms with Gasteiger partial charge in [-0.05, 0) is 75.7 Å². The number of carbonyl (C=O) groups is 2. The summed E-state index contributed by atoms with van der Waals surface area (Å²) in [6.07, 6.45) is 14.2. The van der Waals surface area contributed by atoms with Crippen molar-refractivity contribution < 1.29 is 9.59 Å². The van der Waals surface area contributed by atoms with Crippen molar-refractivity contribution in [3.05, 3.63) is 11.6 Å². The zero-order chi connectivity index (χ0) is 24.8. The number of nitrogens with one attached hydrogen (secondary N) is 2. The Bertz CT molecular complexity index is 731. The maximum absolute atomic E-state index is 13.3. The molecule has 1 saturated carbocycles. The Kier molecular flexibility index (Phi) is 9.68. The number of carbonyl (C=O) groups excluding carboxylic acids is 2. The van der Waals surface area contributed by atoms with E-state index in [9.17, 15) is 9.59 Å². The van der Waals surface area contributed by atoms with Crippen molar-refractivity contribution in [3.8, 4) is 0 Å². The molecule has 2 amide bonds. The summed E-state index contributed by atoms with van der Waals surface area (Å²) in [5.41, 5.74) is 1.34. The minimum atomic E-state index is 0.217. The van der Waals surface area contributed by atoms with Gasteiger partial charge in [-0.15, -0.1) is 0 Å². The summed E-state index contributed by atoms with van der Waals surface area (Å²) in [6, 6.07) is 0. The topological polar surface area (TPSA) is 64.7 Å². The summed E-state index contributed by atoms with van der Waals surface area (Å²) < 4.78 is 0. The van der Waals surface area contributed by atoms with E-state index in [1.165, 1.54) is 44.1 Å². The third-order valence-corrected chi connectivity index (χ3v) is 9.38. The number of hydrogen-bond acceptors (Lipinski definition) is 4. The second-order valence-corrected chi connectivity index (χ2v) is 12.1. The van der Waals surface area contributed by atoms with Gasteiger partial charge in [0.25, 0.3) is 0 Å². The fourth-order valence-electron chi connectivity index (χ4n) is 7.00. The molecule has 2 saturated heterocycles. The van der Waals surface area contributed by atoms with Gasteiger partial charge >= 0.3 is 0 Å². The van der Waals surface area contributed by atoms with Crippen LogP contribution in [0.25, 0.3) is 0 Å². The monoisotopic (exact) mass is 486 g/mol. The van der Waals surface area contributed by atoms with Gasteiger partial charge in [-0.2, -0.15) is 0 Å². The lowest BCUT2D eigenvalue weighted by Crippen LogP contribution is -2.57. The third-order valence-electron chi connectivity index (χ3n) is 9.38. The fraction of sp³-hybridized carbons (Fsp3) is 0.862. The largest absolute Gasteiger partial charge is 0.355 e. The quantitative estimate of drug-likeness (QED) is 0.530. The van der Waals surface area contributed by atoms with Crippen LogP contribution in [0.15, 0.2) is 11.6 Å². The number of piperazine rings is 1. The van der Waals surface area contributed by atoms with Gasteiger partial charge in [-0.25, -0.2) is 0 Å². The Labute approximate surface area is 213 Å². The van der Waals surface area contributed by atoms with Crippen LogP contribution in [0, 0.1) is 29.6 Å². The van der Waals surface area contributed by atoms with Crippen molar-refractivity contribution in [3.63, 3.8) is 0 Å². The Morgan fingerprint density at radius 1 is 1.03 bits per heavy atom. The number of rotatable bonds is 7. The summed E-state index contributed by atoms with van der Waals surface area (Å²) in [4.78, 5) is 30.6. The lowest BCUT2D eigenvalue weighted by molar-refractivity contribution is -0.134. The highest BCUT2D eigenvalue weighted by Crippen LogP contribution is 2.39. The van der Waals surface area contributed by atoms with Crippen molar-refractivity contribution in [2.75, 3.05) is 39.3 Å². The Hall–Kier alpha value is -1.40. The maximum atomic E-state index is 13.3. The first-order chi connectivity index (χ1) is 16.9. The molecule has 0 aromatic carbocycles. The van der Waals surface area contributed by atoms with E-state index in [2.05, 4.69) is 47.3 Å². The van der Waals surface area contributed by atoms with Crippen LogP contribution < -0.4 is 10.6 Å². The molecule has 2 N–H and O–H groups in total. The maximum Gasteiger partial charge on any atom is 0.223 e. The van der Waals surface area contributed by atoms with Crippen molar-refractivity contribution >= 4 is 11.8 Å². The zero-order valence-corrected chi connectivity index (χ0v) is 22.6. The van der Waals surface area contributed by atoms with Gasteiger partial charge < -0.3 is 15.5 Å². The highest BCUT2D eigenvalue weighted by atomic mass is 16.2. The summed E-state index contributed by atoms with van der Waals surface area (Å²) in [5, 5.41) is 6.95. The van der Waals surface area contributed by atoms with E-state index >= 15 is 0 Å². The van der Waals surface area contributed by atoms with Gasteiger partial charge in [0.2, 0.25) is 11.8 Å². The first-order valence-electron chi connectivity index (χ1n) is 14.6. The van der Waals surface area contributed by atoms with E-state index < -0.39 is 0 Å². The van der Waals surface area contributed by atoms with Crippen LogP contribution in [-0.4, -0.2) is 67.0 Å². The normalized spacial score (nSPS) is 31.3. The van der Waals surface area contributed by atoms with E-state index in [0.717, 1.165) is 58.5 Å². The highest BCUT2D eigenvalue weighted by molar-refractivity contribution is 5.78. The molecular weight excluding hydrogens is 436 g/mol. The van der Waals surface area contributed by atoms with Crippen LogP contribution in [0.3, 0.4) is 0 Å². The molecule has 2 aliphatic heterocycles. The molecule has 0 bridgehead atoms. The van der Waals surface area contributed by atoms with Crippen molar-refractivity contribution in [1.29, 1.82) is 0 Å². The summed E-state index contributed by atoms with van der Waals surface area (Å²) in [6.45, 7) is 12.4. The van der Waals surface area contributed by atoms with Crippen LogP contribution >= 0.6 is 0 Å².